The van der Waals surface area contributed by atoms with Crippen molar-refractivity contribution in [1.29, 1.82) is 0 Å². The number of rotatable bonds is 2. The maximum atomic E-state index is 13.1. The molecule has 0 aliphatic rings. The van der Waals surface area contributed by atoms with E-state index in [2.05, 4.69) is 31.2 Å². The quantitative estimate of drug-likeness (QED) is 0.848. The van der Waals surface area contributed by atoms with Gasteiger partial charge in [0.2, 0.25) is 0 Å². The third kappa shape index (κ3) is 2.73. The molecule has 0 atom stereocenters. The van der Waals surface area contributed by atoms with Crippen molar-refractivity contribution in [2.75, 3.05) is 5.32 Å². The SMILES string of the molecule is Cc1c(Cl)ncnc1Nc1cc(F)ccc1Br. The molecule has 0 amide bonds. The Morgan fingerprint density at radius 3 is 2.88 bits per heavy atom. The fraction of sp³-hybridized carbons (Fsp3) is 0.0909. The highest BCUT2D eigenvalue weighted by atomic mass is 79.9. The molecule has 1 heterocycles. The highest BCUT2D eigenvalue weighted by Gasteiger charge is 2.07. The van der Waals surface area contributed by atoms with Crippen molar-refractivity contribution in [2.24, 2.45) is 0 Å². The lowest BCUT2D eigenvalue weighted by atomic mass is 10.3. The number of aromatic nitrogens is 2. The van der Waals surface area contributed by atoms with E-state index in [1.807, 2.05) is 0 Å². The van der Waals surface area contributed by atoms with Crippen molar-refractivity contribution in [3.8, 4) is 0 Å². The molecule has 88 valence electrons. The predicted octanol–water partition coefficient (Wildman–Crippen LogP) is 4.08. The summed E-state index contributed by atoms with van der Waals surface area (Å²) in [7, 11) is 0. The Hall–Kier alpha value is -1.20. The van der Waals surface area contributed by atoms with Gasteiger partial charge in [0.05, 0.1) is 5.69 Å². The first-order chi connectivity index (χ1) is 8.08. The van der Waals surface area contributed by atoms with E-state index in [4.69, 9.17) is 11.6 Å². The van der Waals surface area contributed by atoms with Crippen LogP contribution in [0.15, 0.2) is 29.0 Å². The number of benzene rings is 1. The Bertz CT molecular complexity index is 562. The lowest BCUT2D eigenvalue weighted by molar-refractivity contribution is 0.628. The summed E-state index contributed by atoms with van der Waals surface area (Å²) in [4.78, 5) is 7.90. The van der Waals surface area contributed by atoms with Gasteiger partial charge in [0.25, 0.3) is 0 Å². The molecular weight excluding hydrogens is 308 g/mol. The topological polar surface area (TPSA) is 37.8 Å². The Morgan fingerprint density at radius 1 is 1.35 bits per heavy atom. The van der Waals surface area contributed by atoms with Crippen LogP contribution in [0, 0.1) is 12.7 Å². The van der Waals surface area contributed by atoms with E-state index < -0.39 is 0 Å². The Kier molecular flexibility index (Phi) is 3.59. The molecule has 0 aliphatic heterocycles. The molecule has 1 aromatic carbocycles. The van der Waals surface area contributed by atoms with Gasteiger partial charge in [0.15, 0.2) is 0 Å². The summed E-state index contributed by atoms with van der Waals surface area (Å²) in [6.45, 7) is 1.79. The van der Waals surface area contributed by atoms with Crippen LogP contribution in [0.2, 0.25) is 5.15 Å². The first-order valence-corrected chi connectivity index (χ1v) is 5.94. The second-order valence-electron chi connectivity index (χ2n) is 3.39. The van der Waals surface area contributed by atoms with Crippen LogP contribution in [-0.2, 0) is 0 Å². The minimum Gasteiger partial charge on any atom is -0.339 e. The number of anilines is 2. The summed E-state index contributed by atoms with van der Waals surface area (Å²) >= 11 is 9.20. The van der Waals surface area contributed by atoms with E-state index in [0.29, 0.717) is 22.2 Å². The summed E-state index contributed by atoms with van der Waals surface area (Å²) in [6.07, 6.45) is 1.35. The maximum Gasteiger partial charge on any atom is 0.138 e. The second kappa shape index (κ2) is 4.98. The van der Waals surface area contributed by atoms with Crippen molar-refractivity contribution in [1.82, 2.24) is 9.97 Å². The molecular formula is C11H8BrClFN3. The van der Waals surface area contributed by atoms with E-state index in [-0.39, 0.29) is 5.82 Å². The fourth-order valence-corrected chi connectivity index (χ4v) is 1.75. The van der Waals surface area contributed by atoms with E-state index in [0.717, 1.165) is 4.47 Å². The predicted molar refractivity (Wildman–Crippen MR) is 69.2 cm³/mol. The molecule has 1 aromatic heterocycles. The normalized spacial score (nSPS) is 10.4. The fourth-order valence-electron chi connectivity index (χ4n) is 1.28. The largest absolute Gasteiger partial charge is 0.339 e. The number of hydrogen-bond donors (Lipinski definition) is 1. The smallest absolute Gasteiger partial charge is 0.138 e. The van der Waals surface area contributed by atoms with Gasteiger partial charge in [-0.05, 0) is 41.1 Å². The zero-order valence-corrected chi connectivity index (χ0v) is 11.2. The molecule has 0 bridgehead atoms. The maximum absolute atomic E-state index is 13.1. The van der Waals surface area contributed by atoms with Crippen LogP contribution in [0.5, 0.6) is 0 Å². The van der Waals surface area contributed by atoms with Gasteiger partial charge in [0, 0.05) is 10.0 Å². The molecule has 2 aromatic rings. The van der Waals surface area contributed by atoms with Crippen LogP contribution in [0.25, 0.3) is 0 Å². The van der Waals surface area contributed by atoms with Gasteiger partial charge >= 0.3 is 0 Å². The molecule has 17 heavy (non-hydrogen) atoms. The van der Waals surface area contributed by atoms with E-state index in [9.17, 15) is 4.39 Å². The Balaban J connectivity index is 2.38. The lowest BCUT2D eigenvalue weighted by Crippen LogP contribution is -1.99. The van der Waals surface area contributed by atoms with E-state index in [1.54, 1.807) is 13.0 Å². The molecule has 1 N–H and O–H groups in total. The van der Waals surface area contributed by atoms with Crippen molar-refractivity contribution < 1.29 is 4.39 Å². The molecule has 0 unspecified atom stereocenters. The first-order valence-electron chi connectivity index (χ1n) is 4.77. The minimum absolute atomic E-state index is 0.325. The summed E-state index contributed by atoms with van der Waals surface area (Å²) in [5, 5.41) is 3.37. The molecule has 2 rings (SSSR count). The molecule has 0 fully saturated rings. The van der Waals surface area contributed by atoms with Crippen molar-refractivity contribution >= 4 is 39.0 Å². The van der Waals surface area contributed by atoms with Gasteiger partial charge in [0.1, 0.15) is 23.1 Å². The average molecular weight is 317 g/mol. The Labute approximate surface area is 111 Å². The lowest BCUT2D eigenvalue weighted by Gasteiger charge is -2.10. The second-order valence-corrected chi connectivity index (χ2v) is 4.60. The van der Waals surface area contributed by atoms with Gasteiger partial charge in [-0.1, -0.05) is 11.6 Å². The van der Waals surface area contributed by atoms with Crippen LogP contribution in [0.4, 0.5) is 15.9 Å². The highest BCUT2D eigenvalue weighted by molar-refractivity contribution is 9.10. The van der Waals surface area contributed by atoms with Crippen LogP contribution in [0.1, 0.15) is 5.56 Å². The van der Waals surface area contributed by atoms with Crippen LogP contribution < -0.4 is 5.32 Å². The summed E-state index contributed by atoms with van der Waals surface area (Å²) in [5.74, 6) is 0.227. The molecule has 0 radical (unpaired) electrons. The van der Waals surface area contributed by atoms with Crippen LogP contribution in [0.3, 0.4) is 0 Å². The number of nitrogens with zero attached hydrogens (tertiary/aromatic N) is 2. The highest BCUT2D eigenvalue weighted by Crippen LogP contribution is 2.28. The van der Waals surface area contributed by atoms with Gasteiger partial charge in [-0.25, -0.2) is 14.4 Å². The molecule has 3 nitrogen and oxygen atoms in total. The molecule has 0 saturated heterocycles. The zero-order valence-electron chi connectivity index (χ0n) is 8.84. The standard InChI is InChI=1S/C11H8BrClFN3/c1-6-10(13)15-5-16-11(6)17-9-4-7(14)2-3-8(9)12/h2-5H,1H3,(H,15,16,17). The molecule has 0 saturated carbocycles. The number of halogens is 3. The van der Waals surface area contributed by atoms with E-state index in [1.165, 1.54) is 18.5 Å². The van der Waals surface area contributed by atoms with Crippen LogP contribution in [-0.4, -0.2) is 9.97 Å². The van der Waals surface area contributed by atoms with E-state index >= 15 is 0 Å². The molecule has 0 aliphatic carbocycles. The van der Waals surface area contributed by atoms with Crippen molar-refractivity contribution in [2.45, 2.75) is 6.92 Å². The number of hydrogen-bond acceptors (Lipinski definition) is 3. The van der Waals surface area contributed by atoms with Gasteiger partial charge < -0.3 is 5.32 Å². The summed E-state index contributed by atoms with van der Waals surface area (Å²) < 4.78 is 13.9. The summed E-state index contributed by atoms with van der Waals surface area (Å²) in [5.41, 5.74) is 1.30. The Morgan fingerprint density at radius 2 is 2.12 bits per heavy atom. The van der Waals surface area contributed by atoms with Crippen molar-refractivity contribution in [3.63, 3.8) is 0 Å². The van der Waals surface area contributed by atoms with Gasteiger partial charge in [-0.2, -0.15) is 0 Å². The van der Waals surface area contributed by atoms with Crippen LogP contribution >= 0.6 is 27.5 Å². The minimum atomic E-state index is -0.325. The third-order valence-corrected chi connectivity index (χ3v) is 3.28. The third-order valence-electron chi connectivity index (χ3n) is 2.20. The summed E-state index contributed by atoms with van der Waals surface area (Å²) in [6, 6.07) is 4.37. The van der Waals surface area contributed by atoms with Crippen molar-refractivity contribution in [3.05, 3.63) is 45.5 Å². The molecule has 6 heteroatoms. The number of nitrogens with one attached hydrogen (secondary N) is 1. The average Bonchev–Trinajstić information content (AvgIpc) is 2.30. The van der Waals surface area contributed by atoms with Gasteiger partial charge in [-0.3, -0.25) is 0 Å². The molecule has 0 spiro atoms. The monoisotopic (exact) mass is 315 g/mol. The first kappa shape index (κ1) is 12.3. The van der Waals surface area contributed by atoms with Gasteiger partial charge in [-0.15, -0.1) is 0 Å². The zero-order chi connectivity index (χ0) is 12.4.